The van der Waals surface area contributed by atoms with Crippen LogP contribution < -0.4 is 10.1 Å². The number of carbonyl (C=O) groups excluding carboxylic acids is 1. The van der Waals surface area contributed by atoms with E-state index in [1.165, 1.54) is 0 Å². The maximum atomic E-state index is 12.9. The Hall–Kier alpha value is -2.13. The third-order valence-corrected chi connectivity index (χ3v) is 4.07. The van der Waals surface area contributed by atoms with Gasteiger partial charge in [0.05, 0.1) is 12.6 Å². The molecule has 0 bridgehead atoms. The number of ether oxygens (including phenoxy) is 1. The standard InChI is InChI=1S/C19H23NO2/c1-14-10-11-17(22-4)16(12-14)13-19(2,20-3)18(21)15-8-6-5-7-9-15/h5-12,20H,13H2,1-4H3. The Kier molecular flexibility index (Phi) is 4.99. The van der Waals surface area contributed by atoms with Crippen molar-refractivity contribution in [3.63, 3.8) is 0 Å². The van der Waals surface area contributed by atoms with Crippen molar-refractivity contribution in [1.29, 1.82) is 0 Å². The van der Waals surface area contributed by atoms with Crippen LogP contribution in [-0.2, 0) is 6.42 Å². The van der Waals surface area contributed by atoms with E-state index in [4.69, 9.17) is 4.74 Å². The highest BCUT2D eigenvalue weighted by molar-refractivity contribution is 6.03. The molecular weight excluding hydrogens is 274 g/mol. The van der Waals surface area contributed by atoms with Crippen molar-refractivity contribution in [3.05, 3.63) is 65.2 Å². The normalized spacial score (nSPS) is 13.5. The van der Waals surface area contributed by atoms with Crippen LogP contribution in [0.15, 0.2) is 48.5 Å². The van der Waals surface area contributed by atoms with Gasteiger partial charge in [0, 0.05) is 12.0 Å². The first-order chi connectivity index (χ1) is 10.5. The highest BCUT2D eigenvalue weighted by atomic mass is 16.5. The van der Waals surface area contributed by atoms with E-state index in [2.05, 4.69) is 11.4 Å². The van der Waals surface area contributed by atoms with E-state index in [-0.39, 0.29) is 5.78 Å². The molecule has 3 heteroatoms. The third-order valence-electron chi connectivity index (χ3n) is 4.07. The van der Waals surface area contributed by atoms with E-state index < -0.39 is 5.54 Å². The molecule has 0 aliphatic carbocycles. The first-order valence-corrected chi connectivity index (χ1v) is 7.42. The minimum atomic E-state index is -0.678. The Labute approximate surface area is 132 Å². The molecular formula is C19H23NO2. The van der Waals surface area contributed by atoms with Crippen LogP contribution >= 0.6 is 0 Å². The number of Topliss-reactive ketones (excluding diaryl/α,β-unsaturated/α-hetero) is 1. The number of methoxy groups -OCH3 is 1. The number of hydrogen-bond acceptors (Lipinski definition) is 3. The molecule has 0 fully saturated rings. The summed E-state index contributed by atoms with van der Waals surface area (Å²) in [5, 5.41) is 3.19. The molecule has 1 atom stereocenters. The van der Waals surface area contributed by atoms with E-state index in [0.29, 0.717) is 12.0 Å². The first kappa shape index (κ1) is 16.2. The summed E-state index contributed by atoms with van der Waals surface area (Å²) in [5.74, 6) is 0.895. The topological polar surface area (TPSA) is 38.3 Å². The summed E-state index contributed by atoms with van der Waals surface area (Å²) in [5.41, 5.74) is 2.22. The van der Waals surface area contributed by atoms with Crippen molar-refractivity contribution >= 4 is 5.78 Å². The van der Waals surface area contributed by atoms with Gasteiger partial charge in [-0.3, -0.25) is 4.79 Å². The Morgan fingerprint density at radius 3 is 2.45 bits per heavy atom. The van der Waals surface area contributed by atoms with Gasteiger partial charge in [0.2, 0.25) is 0 Å². The summed E-state index contributed by atoms with van der Waals surface area (Å²) >= 11 is 0. The quantitative estimate of drug-likeness (QED) is 0.830. The van der Waals surface area contributed by atoms with Crippen molar-refractivity contribution in [3.8, 4) is 5.75 Å². The molecule has 0 saturated heterocycles. The second-order valence-electron chi connectivity index (χ2n) is 5.77. The van der Waals surface area contributed by atoms with Crippen molar-refractivity contribution in [2.24, 2.45) is 0 Å². The predicted molar refractivity (Wildman–Crippen MR) is 89.7 cm³/mol. The maximum absolute atomic E-state index is 12.9. The monoisotopic (exact) mass is 297 g/mol. The van der Waals surface area contributed by atoms with Crippen LogP contribution in [-0.4, -0.2) is 25.5 Å². The van der Waals surface area contributed by atoms with Crippen LogP contribution in [0, 0.1) is 6.92 Å². The molecule has 116 valence electrons. The highest BCUT2D eigenvalue weighted by Gasteiger charge is 2.33. The van der Waals surface area contributed by atoms with Gasteiger partial charge in [0.1, 0.15) is 5.75 Å². The van der Waals surface area contributed by atoms with Gasteiger partial charge < -0.3 is 10.1 Å². The number of hydrogen-bond donors (Lipinski definition) is 1. The minimum Gasteiger partial charge on any atom is -0.496 e. The van der Waals surface area contributed by atoms with E-state index >= 15 is 0 Å². The molecule has 3 nitrogen and oxygen atoms in total. The average molecular weight is 297 g/mol. The van der Waals surface area contributed by atoms with Gasteiger partial charge in [-0.15, -0.1) is 0 Å². The number of rotatable bonds is 6. The van der Waals surface area contributed by atoms with Gasteiger partial charge in [0.25, 0.3) is 0 Å². The molecule has 0 spiro atoms. The average Bonchev–Trinajstić information content (AvgIpc) is 2.55. The second kappa shape index (κ2) is 6.75. The van der Waals surface area contributed by atoms with Gasteiger partial charge in [0.15, 0.2) is 5.78 Å². The van der Waals surface area contributed by atoms with Crippen LogP contribution in [0.2, 0.25) is 0 Å². The van der Waals surface area contributed by atoms with Crippen LogP contribution in [0.1, 0.15) is 28.4 Å². The molecule has 2 rings (SSSR count). The number of benzene rings is 2. The molecule has 0 saturated carbocycles. The molecule has 22 heavy (non-hydrogen) atoms. The fourth-order valence-electron chi connectivity index (χ4n) is 2.62. The van der Waals surface area contributed by atoms with Crippen molar-refractivity contribution in [1.82, 2.24) is 5.32 Å². The third kappa shape index (κ3) is 3.37. The van der Waals surface area contributed by atoms with Crippen LogP contribution in [0.3, 0.4) is 0 Å². The number of likely N-dealkylation sites (N-methyl/N-ethyl adjacent to an activating group) is 1. The summed E-state index contributed by atoms with van der Waals surface area (Å²) in [6.45, 7) is 3.97. The van der Waals surface area contributed by atoms with E-state index in [9.17, 15) is 4.79 Å². The number of nitrogens with one attached hydrogen (secondary N) is 1. The smallest absolute Gasteiger partial charge is 0.182 e. The molecule has 0 aromatic heterocycles. The van der Waals surface area contributed by atoms with E-state index in [1.54, 1.807) is 7.11 Å². The van der Waals surface area contributed by atoms with E-state index in [0.717, 1.165) is 16.9 Å². The first-order valence-electron chi connectivity index (χ1n) is 7.42. The molecule has 0 aliphatic rings. The Balaban J connectivity index is 2.35. The summed E-state index contributed by atoms with van der Waals surface area (Å²) in [6, 6.07) is 15.4. The molecule has 0 radical (unpaired) electrons. The highest BCUT2D eigenvalue weighted by Crippen LogP contribution is 2.26. The van der Waals surface area contributed by atoms with Gasteiger partial charge in [-0.05, 0) is 32.5 Å². The molecule has 0 amide bonds. The summed E-state index contributed by atoms with van der Waals surface area (Å²) in [4.78, 5) is 12.9. The Bertz CT molecular complexity index is 652. The van der Waals surface area contributed by atoms with Crippen molar-refractivity contribution < 1.29 is 9.53 Å². The van der Waals surface area contributed by atoms with Gasteiger partial charge in [-0.1, -0.05) is 48.0 Å². The summed E-state index contributed by atoms with van der Waals surface area (Å²) < 4.78 is 5.44. The maximum Gasteiger partial charge on any atom is 0.182 e. The van der Waals surface area contributed by atoms with Crippen molar-refractivity contribution in [2.75, 3.05) is 14.2 Å². The zero-order valence-corrected chi connectivity index (χ0v) is 13.6. The molecule has 1 unspecified atom stereocenters. The zero-order chi connectivity index (χ0) is 16.2. The SMILES string of the molecule is CNC(C)(Cc1cc(C)ccc1OC)C(=O)c1ccccc1. The lowest BCUT2D eigenvalue weighted by Crippen LogP contribution is -2.49. The van der Waals surface area contributed by atoms with Gasteiger partial charge in [-0.25, -0.2) is 0 Å². The lowest BCUT2D eigenvalue weighted by molar-refractivity contribution is 0.0873. The molecule has 2 aromatic rings. The fourth-order valence-corrected chi connectivity index (χ4v) is 2.62. The Morgan fingerprint density at radius 2 is 1.86 bits per heavy atom. The number of ketones is 1. The zero-order valence-electron chi connectivity index (χ0n) is 13.6. The summed E-state index contributed by atoms with van der Waals surface area (Å²) in [6.07, 6.45) is 0.572. The van der Waals surface area contributed by atoms with Crippen LogP contribution in [0.25, 0.3) is 0 Å². The number of aryl methyl sites for hydroxylation is 1. The van der Waals surface area contributed by atoms with Crippen LogP contribution in [0.5, 0.6) is 5.75 Å². The van der Waals surface area contributed by atoms with Crippen molar-refractivity contribution in [2.45, 2.75) is 25.8 Å². The second-order valence-corrected chi connectivity index (χ2v) is 5.77. The number of carbonyl (C=O) groups is 1. The molecule has 2 aromatic carbocycles. The van der Waals surface area contributed by atoms with Gasteiger partial charge >= 0.3 is 0 Å². The molecule has 0 heterocycles. The largest absolute Gasteiger partial charge is 0.496 e. The van der Waals surface area contributed by atoms with Crippen LogP contribution in [0.4, 0.5) is 0 Å². The van der Waals surface area contributed by atoms with E-state index in [1.807, 2.05) is 63.4 Å². The predicted octanol–water partition coefficient (Wildman–Crippen LogP) is 3.41. The van der Waals surface area contributed by atoms with Gasteiger partial charge in [-0.2, -0.15) is 0 Å². The Morgan fingerprint density at radius 1 is 1.18 bits per heavy atom. The summed E-state index contributed by atoms with van der Waals surface area (Å²) in [7, 11) is 3.48. The lowest BCUT2D eigenvalue weighted by Gasteiger charge is -2.29. The molecule has 1 N–H and O–H groups in total. The fraction of sp³-hybridized carbons (Fsp3) is 0.316. The lowest BCUT2D eigenvalue weighted by atomic mass is 9.84. The minimum absolute atomic E-state index is 0.0826. The molecule has 0 aliphatic heterocycles.